The third-order valence-corrected chi connectivity index (χ3v) is 2.45. The molecule has 0 saturated carbocycles. The summed E-state index contributed by atoms with van der Waals surface area (Å²) in [4.78, 5) is 0.382. The number of hydrogen-bond donors (Lipinski definition) is 1. The fourth-order valence-electron chi connectivity index (χ4n) is 1.04. The van der Waals surface area contributed by atoms with Gasteiger partial charge in [0.15, 0.2) is 0 Å². The molecule has 1 aromatic carbocycles. The molecule has 0 atom stereocenters. The van der Waals surface area contributed by atoms with Gasteiger partial charge in [-0.2, -0.15) is 0 Å². The Morgan fingerprint density at radius 3 is 2.57 bits per heavy atom. The van der Waals surface area contributed by atoms with Gasteiger partial charge >= 0.3 is 0 Å². The fourth-order valence-corrected chi connectivity index (χ4v) is 1.92. The second kappa shape index (κ2) is 4.75. The van der Waals surface area contributed by atoms with Gasteiger partial charge in [0.05, 0.1) is 6.10 Å². The quantitative estimate of drug-likeness (QED) is 0.861. The minimum absolute atomic E-state index is 0.164. The third-order valence-electron chi connectivity index (χ3n) is 1.58. The van der Waals surface area contributed by atoms with E-state index in [1.54, 1.807) is 0 Å². The lowest BCUT2D eigenvalue weighted by Crippen LogP contribution is -2.11. The van der Waals surface area contributed by atoms with Crippen molar-refractivity contribution in [2.45, 2.75) is 20.0 Å². The topological polar surface area (TPSA) is 35.2 Å². The van der Waals surface area contributed by atoms with E-state index in [1.807, 2.05) is 32.0 Å². The van der Waals surface area contributed by atoms with Gasteiger partial charge in [-0.1, -0.05) is 12.2 Å². The molecule has 0 fully saturated rings. The van der Waals surface area contributed by atoms with E-state index in [0.717, 1.165) is 15.8 Å². The van der Waals surface area contributed by atoms with E-state index < -0.39 is 0 Å². The van der Waals surface area contributed by atoms with Crippen LogP contribution in [0.3, 0.4) is 0 Å². The zero-order valence-corrected chi connectivity index (χ0v) is 10.5. The lowest BCUT2D eigenvalue weighted by atomic mass is 10.2. The van der Waals surface area contributed by atoms with Crippen molar-refractivity contribution < 1.29 is 4.74 Å². The zero-order valence-electron chi connectivity index (χ0n) is 8.08. The number of nitrogens with two attached hydrogens (primary N) is 1. The molecule has 0 radical (unpaired) electrons. The predicted molar refractivity (Wildman–Crippen MR) is 65.8 cm³/mol. The molecule has 0 spiro atoms. The van der Waals surface area contributed by atoms with Crippen molar-refractivity contribution in [3.8, 4) is 5.75 Å². The SMILES string of the molecule is CC(C)Oc1ccc(C(N)=S)c(Br)c1. The maximum atomic E-state index is 5.53. The van der Waals surface area contributed by atoms with Crippen LogP contribution in [0.5, 0.6) is 5.75 Å². The van der Waals surface area contributed by atoms with Gasteiger partial charge in [0.1, 0.15) is 10.7 Å². The fraction of sp³-hybridized carbons (Fsp3) is 0.300. The first-order chi connectivity index (χ1) is 6.50. The van der Waals surface area contributed by atoms with Crippen LogP contribution in [0, 0.1) is 0 Å². The standard InChI is InChI=1S/C10H12BrNOS/c1-6(2)13-7-3-4-8(10(12)14)9(11)5-7/h3-6H,1-2H3,(H2,12,14). The van der Waals surface area contributed by atoms with Gasteiger partial charge in [0, 0.05) is 10.0 Å². The van der Waals surface area contributed by atoms with Gasteiger partial charge in [-0.3, -0.25) is 0 Å². The zero-order chi connectivity index (χ0) is 10.7. The van der Waals surface area contributed by atoms with Crippen LogP contribution in [-0.4, -0.2) is 11.1 Å². The van der Waals surface area contributed by atoms with Crippen LogP contribution < -0.4 is 10.5 Å². The van der Waals surface area contributed by atoms with Crippen molar-refractivity contribution in [1.82, 2.24) is 0 Å². The van der Waals surface area contributed by atoms with Crippen molar-refractivity contribution in [2.24, 2.45) is 5.73 Å². The predicted octanol–water partition coefficient (Wildman–Crippen LogP) is 2.87. The summed E-state index contributed by atoms with van der Waals surface area (Å²) in [6.45, 7) is 3.96. The van der Waals surface area contributed by atoms with Crippen molar-refractivity contribution in [3.05, 3.63) is 28.2 Å². The van der Waals surface area contributed by atoms with Crippen LogP contribution in [0.1, 0.15) is 19.4 Å². The highest BCUT2D eigenvalue weighted by Crippen LogP contribution is 2.23. The first-order valence-corrected chi connectivity index (χ1v) is 5.47. The summed E-state index contributed by atoms with van der Waals surface area (Å²) in [5.74, 6) is 0.812. The molecule has 2 N–H and O–H groups in total. The Hall–Kier alpha value is -0.610. The monoisotopic (exact) mass is 273 g/mol. The van der Waals surface area contributed by atoms with Crippen molar-refractivity contribution >= 4 is 33.1 Å². The van der Waals surface area contributed by atoms with Crippen molar-refractivity contribution in [2.75, 3.05) is 0 Å². The van der Waals surface area contributed by atoms with E-state index in [-0.39, 0.29) is 6.10 Å². The normalized spacial score (nSPS) is 10.3. The van der Waals surface area contributed by atoms with Crippen LogP contribution in [0.4, 0.5) is 0 Å². The molecule has 14 heavy (non-hydrogen) atoms. The highest BCUT2D eigenvalue weighted by molar-refractivity contribution is 9.10. The molecule has 1 aromatic rings. The first-order valence-electron chi connectivity index (χ1n) is 4.26. The minimum Gasteiger partial charge on any atom is -0.491 e. The summed E-state index contributed by atoms with van der Waals surface area (Å²) in [6, 6.07) is 5.58. The summed E-state index contributed by atoms with van der Waals surface area (Å²) in [7, 11) is 0. The molecule has 0 aromatic heterocycles. The highest BCUT2D eigenvalue weighted by Gasteiger charge is 2.05. The summed E-state index contributed by atoms with van der Waals surface area (Å²) >= 11 is 8.28. The maximum Gasteiger partial charge on any atom is 0.120 e. The van der Waals surface area contributed by atoms with Crippen LogP contribution in [0.2, 0.25) is 0 Å². The van der Waals surface area contributed by atoms with Gasteiger partial charge in [-0.15, -0.1) is 0 Å². The van der Waals surface area contributed by atoms with Gasteiger partial charge in [0.25, 0.3) is 0 Å². The molecule has 0 heterocycles. The van der Waals surface area contributed by atoms with E-state index in [4.69, 9.17) is 22.7 Å². The maximum absolute atomic E-state index is 5.53. The Labute approximate surface area is 97.6 Å². The van der Waals surface area contributed by atoms with E-state index >= 15 is 0 Å². The molecular weight excluding hydrogens is 262 g/mol. The van der Waals surface area contributed by atoms with Crippen LogP contribution in [0.15, 0.2) is 22.7 Å². The Kier molecular flexibility index (Phi) is 3.89. The molecule has 1 rings (SSSR count). The van der Waals surface area contributed by atoms with Crippen molar-refractivity contribution in [3.63, 3.8) is 0 Å². The second-order valence-corrected chi connectivity index (χ2v) is 4.47. The molecular formula is C10H12BrNOS. The molecule has 76 valence electrons. The summed E-state index contributed by atoms with van der Waals surface area (Å²) in [6.07, 6.45) is 0.164. The Bertz CT molecular complexity index is 352. The van der Waals surface area contributed by atoms with E-state index in [1.165, 1.54) is 0 Å². The van der Waals surface area contributed by atoms with Crippen LogP contribution in [0.25, 0.3) is 0 Å². The summed E-state index contributed by atoms with van der Waals surface area (Å²) in [5.41, 5.74) is 6.36. The van der Waals surface area contributed by atoms with E-state index in [0.29, 0.717) is 4.99 Å². The number of ether oxygens (including phenoxy) is 1. The van der Waals surface area contributed by atoms with Gasteiger partial charge in [-0.05, 0) is 48.0 Å². The Morgan fingerprint density at radius 1 is 1.50 bits per heavy atom. The molecule has 0 aliphatic rings. The largest absolute Gasteiger partial charge is 0.491 e. The average Bonchev–Trinajstić information content (AvgIpc) is 2.01. The summed E-state index contributed by atoms with van der Waals surface area (Å²) < 4.78 is 6.38. The Balaban J connectivity index is 2.94. The lowest BCUT2D eigenvalue weighted by Gasteiger charge is -2.11. The number of thiocarbonyl (C=S) groups is 1. The van der Waals surface area contributed by atoms with Gasteiger partial charge in [0.2, 0.25) is 0 Å². The highest BCUT2D eigenvalue weighted by atomic mass is 79.9. The second-order valence-electron chi connectivity index (χ2n) is 3.17. The Morgan fingerprint density at radius 2 is 2.14 bits per heavy atom. The number of halogens is 1. The van der Waals surface area contributed by atoms with Crippen LogP contribution in [-0.2, 0) is 0 Å². The third kappa shape index (κ3) is 2.96. The number of benzene rings is 1. The first kappa shape index (κ1) is 11.5. The van der Waals surface area contributed by atoms with E-state index in [2.05, 4.69) is 15.9 Å². The molecule has 0 aliphatic carbocycles. The average molecular weight is 274 g/mol. The molecule has 0 aliphatic heterocycles. The molecule has 4 heteroatoms. The molecule has 2 nitrogen and oxygen atoms in total. The van der Waals surface area contributed by atoms with Crippen molar-refractivity contribution in [1.29, 1.82) is 0 Å². The number of rotatable bonds is 3. The number of hydrogen-bond acceptors (Lipinski definition) is 2. The molecule has 0 bridgehead atoms. The molecule has 0 unspecified atom stereocenters. The van der Waals surface area contributed by atoms with E-state index in [9.17, 15) is 0 Å². The smallest absolute Gasteiger partial charge is 0.120 e. The lowest BCUT2D eigenvalue weighted by molar-refractivity contribution is 0.242. The van der Waals surface area contributed by atoms with Gasteiger partial charge < -0.3 is 10.5 Å². The summed E-state index contributed by atoms with van der Waals surface area (Å²) in [5, 5.41) is 0. The van der Waals surface area contributed by atoms with Gasteiger partial charge in [-0.25, -0.2) is 0 Å². The van der Waals surface area contributed by atoms with Crippen LogP contribution >= 0.6 is 28.1 Å². The molecule has 0 saturated heterocycles. The molecule has 0 amide bonds. The minimum atomic E-state index is 0.164.